The zero-order valence-electron chi connectivity index (χ0n) is 13.7. The van der Waals surface area contributed by atoms with Crippen LogP contribution in [0, 0.1) is 6.92 Å². The summed E-state index contributed by atoms with van der Waals surface area (Å²) in [6, 6.07) is 12.4. The molecule has 0 bridgehead atoms. The van der Waals surface area contributed by atoms with Crippen molar-refractivity contribution in [2.75, 3.05) is 0 Å². The molecule has 1 aromatic carbocycles. The normalized spacial score (nSPS) is 20.8. The van der Waals surface area contributed by atoms with E-state index in [4.69, 9.17) is 0 Å². The summed E-state index contributed by atoms with van der Waals surface area (Å²) in [5, 5.41) is 9.80. The molecule has 3 rings (SSSR count). The zero-order valence-corrected chi connectivity index (χ0v) is 14.5. The standard InChI is InChI=1S/C11H16NO.C7H8O3S/c13-11-7-3-2-6-10(11)12-8-4-1-5-9-12;1-6-4-2-3-5-7(6)11(8,9)10/h1,4-5,8-11,13H,2-3,6-7H2;2-5H,1H3,(H,8,9,10)/q+1;/p-1. The van der Waals surface area contributed by atoms with E-state index in [1.165, 1.54) is 25.0 Å². The third kappa shape index (κ3) is 5.12. The van der Waals surface area contributed by atoms with Crippen LogP contribution >= 0.6 is 0 Å². The molecule has 0 spiro atoms. The molecule has 0 amide bonds. The van der Waals surface area contributed by atoms with Gasteiger partial charge in [-0.15, -0.1) is 0 Å². The number of pyridine rings is 1. The molecule has 0 radical (unpaired) electrons. The van der Waals surface area contributed by atoms with Crippen molar-refractivity contribution >= 4 is 10.1 Å². The summed E-state index contributed by atoms with van der Waals surface area (Å²) in [7, 11) is -4.28. The number of hydrogen-bond acceptors (Lipinski definition) is 4. The SMILES string of the molecule is Cc1ccccc1S(=O)(=O)[O-].OC1CCCCC1[n+]1ccccc1. The minimum absolute atomic E-state index is 0.139. The van der Waals surface area contributed by atoms with Gasteiger partial charge < -0.3 is 9.66 Å². The van der Waals surface area contributed by atoms with E-state index in [0.717, 1.165) is 12.8 Å². The smallest absolute Gasteiger partial charge is 0.183 e. The Morgan fingerprint density at radius 1 is 1.04 bits per heavy atom. The molecule has 2 unspecified atom stereocenters. The number of hydrogen-bond donors (Lipinski definition) is 1. The lowest BCUT2D eigenvalue weighted by atomic mass is 9.92. The average Bonchev–Trinajstić information content (AvgIpc) is 2.56. The van der Waals surface area contributed by atoms with Gasteiger partial charge >= 0.3 is 0 Å². The van der Waals surface area contributed by atoms with Crippen LogP contribution in [0.4, 0.5) is 0 Å². The van der Waals surface area contributed by atoms with Gasteiger partial charge in [-0.3, -0.25) is 0 Å². The second kappa shape index (κ2) is 8.37. The Bertz CT molecular complexity index is 747. The molecule has 1 aliphatic carbocycles. The molecule has 24 heavy (non-hydrogen) atoms. The highest BCUT2D eigenvalue weighted by Crippen LogP contribution is 2.23. The fourth-order valence-corrected chi connectivity index (χ4v) is 3.62. The first kappa shape index (κ1) is 18.6. The van der Waals surface area contributed by atoms with Crippen molar-refractivity contribution in [3.63, 3.8) is 0 Å². The molecule has 5 nitrogen and oxygen atoms in total. The summed E-state index contributed by atoms with van der Waals surface area (Å²) in [5.74, 6) is 0. The largest absolute Gasteiger partial charge is 0.744 e. The van der Waals surface area contributed by atoms with Crippen molar-refractivity contribution in [3.8, 4) is 0 Å². The van der Waals surface area contributed by atoms with Gasteiger partial charge in [0.15, 0.2) is 18.4 Å². The molecule has 1 N–H and O–H groups in total. The third-order valence-electron chi connectivity index (χ3n) is 4.18. The van der Waals surface area contributed by atoms with Gasteiger partial charge in [-0.05, 0) is 31.4 Å². The average molecular weight is 349 g/mol. The van der Waals surface area contributed by atoms with Gasteiger partial charge in [-0.1, -0.05) is 30.7 Å². The van der Waals surface area contributed by atoms with E-state index in [1.54, 1.807) is 19.1 Å². The van der Waals surface area contributed by atoms with Gasteiger partial charge in [0.1, 0.15) is 16.2 Å². The summed E-state index contributed by atoms with van der Waals surface area (Å²) in [6.45, 7) is 1.59. The second-order valence-electron chi connectivity index (χ2n) is 5.96. The van der Waals surface area contributed by atoms with E-state index < -0.39 is 10.1 Å². The van der Waals surface area contributed by atoms with Crippen LogP contribution in [0.2, 0.25) is 0 Å². The molecule has 2 atom stereocenters. The third-order valence-corrected chi connectivity index (χ3v) is 5.18. The summed E-state index contributed by atoms with van der Waals surface area (Å²) < 4.78 is 33.6. The lowest BCUT2D eigenvalue weighted by Gasteiger charge is -2.22. The van der Waals surface area contributed by atoms with Crippen molar-refractivity contribution in [2.24, 2.45) is 0 Å². The molecule has 1 saturated carbocycles. The monoisotopic (exact) mass is 349 g/mol. The van der Waals surface area contributed by atoms with E-state index in [-0.39, 0.29) is 11.0 Å². The van der Waals surface area contributed by atoms with Crippen molar-refractivity contribution < 1.29 is 22.6 Å². The number of nitrogens with zero attached hydrogens (tertiary/aromatic N) is 1. The molecule has 2 aromatic rings. The molecular formula is C18H23NO4S. The summed E-state index contributed by atoms with van der Waals surface area (Å²) in [4.78, 5) is -0.139. The lowest BCUT2D eigenvalue weighted by molar-refractivity contribution is -0.732. The minimum atomic E-state index is -4.28. The molecule has 1 aromatic heterocycles. The number of benzene rings is 1. The van der Waals surface area contributed by atoms with Gasteiger partial charge in [0.05, 0.1) is 4.90 Å². The fourth-order valence-electron chi connectivity index (χ4n) is 2.91. The molecule has 1 heterocycles. The van der Waals surface area contributed by atoms with Gasteiger partial charge in [-0.2, -0.15) is 4.57 Å². The predicted molar refractivity (Wildman–Crippen MR) is 89.3 cm³/mol. The van der Waals surface area contributed by atoms with Crippen molar-refractivity contribution in [2.45, 2.75) is 49.6 Å². The molecule has 1 aliphatic rings. The summed E-state index contributed by atoms with van der Waals surface area (Å²) in [5.41, 5.74) is 0.488. The number of aliphatic hydroxyl groups is 1. The number of rotatable bonds is 2. The first-order valence-electron chi connectivity index (χ1n) is 8.05. The van der Waals surface area contributed by atoms with Crippen LogP contribution in [0.25, 0.3) is 0 Å². The predicted octanol–water partition coefficient (Wildman–Crippen LogP) is 2.35. The molecule has 1 fully saturated rings. The maximum Gasteiger partial charge on any atom is 0.183 e. The van der Waals surface area contributed by atoms with Gasteiger partial charge in [0.2, 0.25) is 0 Å². The van der Waals surface area contributed by atoms with Crippen molar-refractivity contribution in [3.05, 3.63) is 60.4 Å². The van der Waals surface area contributed by atoms with E-state index in [1.807, 2.05) is 30.6 Å². The van der Waals surface area contributed by atoms with Gasteiger partial charge in [0, 0.05) is 18.6 Å². The van der Waals surface area contributed by atoms with Crippen LogP contribution < -0.4 is 4.57 Å². The number of aromatic nitrogens is 1. The first-order valence-corrected chi connectivity index (χ1v) is 9.46. The first-order chi connectivity index (χ1) is 11.4. The number of aliphatic hydroxyl groups excluding tert-OH is 1. The molecule has 0 saturated heterocycles. The maximum absolute atomic E-state index is 10.5. The zero-order chi connectivity index (χ0) is 17.6. The van der Waals surface area contributed by atoms with Crippen LogP contribution in [0.15, 0.2) is 59.8 Å². The Kier molecular flexibility index (Phi) is 6.48. The molecule has 6 heteroatoms. The highest BCUT2D eigenvalue weighted by molar-refractivity contribution is 7.85. The van der Waals surface area contributed by atoms with Crippen molar-refractivity contribution in [1.29, 1.82) is 0 Å². The molecule has 130 valence electrons. The highest BCUT2D eigenvalue weighted by Gasteiger charge is 2.29. The Morgan fingerprint density at radius 3 is 2.21 bits per heavy atom. The maximum atomic E-state index is 10.5. The van der Waals surface area contributed by atoms with Gasteiger partial charge in [0.25, 0.3) is 0 Å². The fraction of sp³-hybridized carbons (Fsp3) is 0.389. The second-order valence-corrected chi connectivity index (χ2v) is 7.31. The summed E-state index contributed by atoms with van der Waals surface area (Å²) in [6.07, 6.45) is 8.40. The van der Waals surface area contributed by atoms with E-state index >= 15 is 0 Å². The quantitative estimate of drug-likeness (QED) is 0.666. The van der Waals surface area contributed by atoms with Crippen LogP contribution in [-0.4, -0.2) is 24.2 Å². The molecule has 0 aliphatic heterocycles. The van der Waals surface area contributed by atoms with E-state index in [0.29, 0.717) is 11.6 Å². The van der Waals surface area contributed by atoms with Crippen LogP contribution in [0.5, 0.6) is 0 Å². The number of aryl methyl sites for hydroxylation is 1. The van der Waals surface area contributed by atoms with E-state index in [2.05, 4.69) is 4.57 Å². The minimum Gasteiger partial charge on any atom is -0.744 e. The van der Waals surface area contributed by atoms with E-state index in [9.17, 15) is 18.1 Å². The Labute approximate surface area is 143 Å². The Balaban J connectivity index is 0.000000177. The van der Waals surface area contributed by atoms with Crippen LogP contribution in [0.3, 0.4) is 0 Å². The van der Waals surface area contributed by atoms with Crippen LogP contribution in [-0.2, 0) is 10.1 Å². The van der Waals surface area contributed by atoms with Gasteiger partial charge in [-0.25, -0.2) is 8.42 Å². The Morgan fingerprint density at radius 2 is 1.67 bits per heavy atom. The van der Waals surface area contributed by atoms with Crippen LogP contribution in [0.1, 0.15) is 37.3 Å². The van der Waals surface area contributed by atoms with Crippen molar-refractivity contribution in [1.82, 2.24) is 0 Å². The lowest BCUT2D eigenvalue weighted by Crippen LogP contribution is -2.46. The summed E-state index contributed by atoms with van der Waals surface area (Å²) >= 11 is 0. The highest BCUT2D eigenvalue weighted by atomic mass is 32.2. The Hall–Kier alpha value is -1.76. The topological polar surface area (TPSA) is 81.3 Å². The molecular weight excluding hydrogens is 326 g/mol.